The summed E-state index contributed by atoms with van der Waals surface area (Å²) in [5, 5.41) is 16.5. The van der Waals surface area contributed by atoms with Gasteiger partial charge in [-0.15, -0.1) is 0 Å². The molecule has 0 fully saturated rings. The summed E-state index contributed by atoms with van der Waals surface area (Å²) in [6, 6.07) is 10.7. The molecule has 0 saturated carbocycles. The highest BCUT2D eigenvalue weighted by atomic mass is 32.2. The molecule has 0 aliphatic carbocycles. The molecule has 27 heavy (non-hydrogen) atoms. The molecule has 0 radical (unpaired) electrons. The van der Waals surface area contributed by atoms with Gasteiger partial charge in [-0.25, -0.2) is 8.42 Å². The van der Waals surface area contributed by atoms with Gasteiger partial charge in [-0.3, -0.25) is 14.9 Å². The van der Waals surface area contributed by atoms with Gasteiger partial charge in [0.25, 0.3) is 5.69 Å². The third-order valence-corrected chi connectivity index (χ3v) is 4.77. The lowest BCUT2D eigenvalue weighted by Gasteiger charge is -2.10. The van der Waals surface area contributed by atoms with Gasteiger partial charge in [0.1, 0.15) is 11.4 Å². The van der Waals surface area contributed by atoms with Crippen LogP contribution in [-0.4, -0.2) is 39.2 Å². The minimum absolute atomic E-state index is 0.0592. The first kappa shape index (κ1) is 20.2. The van der Waals surface area contributed by atoms with Gasteiger partial charge in [-0.1, -0.05) is 12.1 Å². The van der Waals surface area contributed by atoms with Crippen LogP contribution in [0.1, 0.15) is 5.56 Å². The standard InChI is InChI=1S/C17H19N3O6S/c1-26-13-5-3-4-12(8-13)10-19-17(21)11-18-15-7-6-14(27(2,24)25)9-16(15)20(22)23/h3-9,18H,10-11H2,1-2H3,(H,19,21). The minimum Gasteiger partial charge on any atom is -0.497 e. The third-order valence-electron chi connectivity index (χ3n) is 3.66. The van der Waals surface area contributed by atoms with Crippen LogP contribution >= 0.6 is 0 Å². The van der Waals surface area contributed by atoms with Crippen LogP contribution < -0.4 is 15.4 Å². The summed E-state index contributed by atoms with van der Waals surface area (Å²) < 4.78 is 28.2. The van der Waals surface area contributed by atoms with Gasteiger partial charge in [0.2, 0.25) is 5.91 Å². The first-order valence-corrected chi connectivity index (χ1v) is 9.72. The number of nitrogens with one attached hydrogen (secondary N) is 2. The fraction of sp³-hybridized carbons (Fsp3) is 0.235. The smallest absolute Gasteiger partial charge is 0.293 e. The van der Waals surface area contributed by atoms with Crippen molar-refractivity contribution in [1.29, 1.82) is 0 Å². The number of anilines is 1. The minimum atomic E-state index is -3.57. The zero-order chi connectivity index (χ0) is 20.0. The summed E-state index contributed by atoms with van der Waals surface area (Å²) >= 11 is 0. The van der Waals surface area contributed by atoms with Crippen LogP contribution in [0.25, 0.3) is 0 Å². The highest BCUT2D eigenvalue weighted by Gasteiger charge is 2.19. The van der Waals surface area contributed by atoms with Crippen molar-refractivity contribution in [3.8, 4) is 5.75 Å². The van der Waals surface area contributed by atoms with E-state index in [0.717, 1.165) is 17.9 Å². The molecular weight excluding hydrogens is 374 g/mol. The SMILES string of the molecule is COc1cccc(CNC(=O)CNc2ccc(S(C)(=O)=O)cc2[N+](=O)[O-])c1. The molecule has 0 heterocycles. The predicted molar refractivity (Wildman–Crippen MR) is 99.5 cm³/mol. The molecule has 0 atom stereocenters. The molecule has 0 spiro atoms. The molecule has 0 aliphatic rings. The van der Waals surface area contributed by atoms with Crippen molar-refractivity contribution in [2.75, 3.05) is 25.2 Å². The van der Waals surface area contributed by atoms with E-state index < -0.39 is 20.4 Å². The van der Waals surface area contributed by atoms with E-state index in [2.05, 4.69) is 10.6 Å². The van der Waals surface area contributed by atoms with Gasteiger partial charge < -0.3 is 15.4 Å². The number of ether oxygens (including phenoxy) is 1. The van der Waals surface area contributed by atoms with E-state index >= 15 is 0 Å². The van der Waals surface area contributed by atoms with Crippen molar-refractivity contribution < 1.29 is 22.9 Å². The number of carbonyl (C=O) groups excluding carboxylic acids is 1. The second-order valence-corrected chi connectivity index (χ2v) is 7.71. The zero-order valence-electron chi connectivity index (χ0n) is 14.8. The maximum atomic E-state index is 12.0. The van der Waals surface area contributed by atoms with E-state index in [1.165, 1.54) is 12.1 Å². The molecule has 10 heteroatoms. The Morgan fingerprint density at radius 3 is 2.59 bits per heavy atom. The normalized spacial score (nSPS) is 10.9. The number of hydrogen-bond acceptors (Lipinski definition) is 7. The van der Waals surface area contributed by atoms with Crippen LogP contribution in [0.5, 0.6) is 5.75 Å². The number of nitro groups is 1. The zero-order valence-corrected chi connectivity index (χ0v) is 15.6. The van der Waals surface area contributed by atoms with Gasteiger partial charge in [0, 0.05) is 18.9 Å². The van der Waals surface area contributed by atoms with E-state index in [9.17, 15) is 23.3 Å². The molecular formula is C17H19N3O6S. The van der Waals surface area contributed by atoms with Crippen LogP contribution in [0.3, 0.4) is 0 Å². The van der Waals surface area contributed by atoms with Crippen molar-refractivity contribution in [3.63, 3.8) is 0 Å². The predicted octanol–water partition coefficient (Wildman–Crippen LogP) is 1.74. The summed E-state index contributed by atoms with van der Waals surface area (Å²) in [6.45, 7) is 0.0653. The lowest BCUT2D eigenvalue weighted by atomic mass is 10.2. The lowest BCUT2D eigenvalue weighted by molar-refractivity contribution is -0.384. The molecule has 0 saturated heterocycles. The Morgan fingerprint density at radius 1 is 1.22 bits per heavy atom. The van der Waals surface area contributed by atoms with Crippen molar-refractivity contribution in [2.24, 2.45) is 0 Å². The molecule has 0 aliphatic heterocycles. The van der Waals surface area contributed by atoms with Crippen LogP contribution in [0.15, 0.2) is 47.4 Å². The van der Waals surface area contributed by atoms with Crippen LogP contribution in [0.4, 0.5) is 11.4 Å². The molecule has 1 amide bonds. The van der Waals surface area contributed by atoms with Crippen LogP contribution in [0.2, 0.25) is 0 Å². The quantitative estimate of drug-likeness (QED) is 0.516. The first-order chi connectivity index (χ1) is 12.7. The number of methoxy groups -OCH3 is 1. The molecule has 144 valence electrons. The van der Waals surface area contributed by atoms with Gasteiger partial charge in [0.15, 0.2) is 9.84 Å². The summed E-state index contributed by atoms with van der Waals surface area (Å²) in [5.41, 5.74) is 0.480. The highest BCUT2D eigenvalue weighted by Crippen LogP contribution is 2.27. The Morgan fingerprint density at radius 2 is 1.96 bits per heavy atom. The number of sulfone groups is 1. The number of nitrogens with zero attached hydrogens (tertiary/aromatic N) is 1. The second kappa shape index (κ2) is 8.49. The van der Waals surface area contributed by atoms with Gasteiger partial charge in [-0.05, 0) is 29.8 Å². The van der Waals surface area contributed by atoms with Gasteiger partial charge >= 0.3 is 0 Å². The third kappa shape index (κ3) is 5.68. The average molecular weight is 393 g/mol. The van der Waals surface area contributed by atoms with E-state index in [-0.39, 0.29) is 29.6 Å². The topological polar surface area (TPSA) is 128 Å². The summed E-state index contributed by atoms with van der Waals surface area (Å²) in [4.78, 5) is 22.3. The Bertz CT molecular complexity index is 959. The Labute approximate surface area is 156 Å². The molecule has 0 bridgehead atoms. The Kier molecular flexibility index (Phi) is 6.35. The van der Waals surface area contributed by atoms with Crippen molar-refractivity contribution >= 4 is 27.1 Å². The summed E-state index contributed by atoms with van der Waals surface area (Å²) in [5.74, 6) is 0.292. The fourth-order valence-electron chi connectivity index (χ4n) is 2.26. The van der Waals surface area contributed by atoms with E-state index in [1.54, 1.807) is 25.3 Å². The average Bonchev–Trinajstić information content (AvgIpc) is 2.63. The van der Waals surface area contributed by atoms with E-state index in [4.69, 9.17) is 4.74 Å². The maximum Gasteiger partial charge on any atom is 0.293 e. The Balaban J connectivity index is 2.00. The largest absolute Gasteiger partial charge is 0.497 e. The fourth-order valence-corrected chi connectivity index (χ4v) is 2.90. The van der Waals surface area contributed by atoms with Gasteiger partial charge in [-0.2, -0.15) is 0 Å². The number of amides is 1. The van der Waals surface area contributed by atoms with Gasteiger partial charge in [0.05, 0.1) is 23.5 Å². The molecule has 2 rings (SSSR count). The van der Waals surface area contributed by atoms with Crippen LogP contribution in [0, 0.1) is 10.1 Å². The Hall–Kier alpha value is -3.14. The number of rotatable bonds is 8. The van der Waals surface area contributed by atoms with Crippen molar-refractivity contribution in [3.05, 3.63) is 58.1 Å². The molecule has 2 N–H and O–H groups in total. The lowest BCUT2D eigenvalue weighted by Crippen LogP contribution is -2.29. The summed E-state index contributed by atoms with van der Waals surface area (Å²) in [6.07, 6.45) is 0.963. The van der Waals surface area contributed by atoms with Crippen molar-refractivity contribution in [1.82, 2.24) is 5.32 Å². The maximum absolute atomic E-state index is 12.0. The van der Waals surface area contributed by atoms with E-state index in [1.807, 2.05) is 6.07 Å². The number of nitro benzene ring substituents is 1. The monoisotopic (exact) mass is 393 g/mol. The molecule has 0 unspecified atom stereocenters. The van der Waals surface area contributed by atoms with Crippen LogP contribution in [-0.2, 0) is 21.2 Å². The number of benzene rings is 2. The highest BCUT2D eigenvalue weighted by molar-refractivity contribution is 7.90. The first-order valence-electron chi connectivity index (χ1n) is 7.82. The van der Waals surface area contributed by atoms with E-state index in [0.29, 0.717) is 5.75 Å². The number of hydrogen-bond donors (Lipinski definition) is 2. The second-order valence-electron chi connectivity index (χ2n) is 5.69. The number of carbonyl (C=O) groups is 1. The molecule has 0 aromatic heterocycles. The molecule has 2 aromatic rings. The molecule has 2 aromatic carbocycles. The molecule has 9 nitrogen and oxygen atoms in total. The van der Waals surface area contributed by atoms with Crippen molar-refractivity contribution in [2.45, 2.75) is 11.4 Å². The summed E-state index contributed by atoms with van der Waals surface area (Å²) in [7, 11) is -2.03.